The van der Waals surface area contributed by atoms with Crippen LogP contribution in [0.15, 0.2) is 63.9 Å². The maximum absolute atomic E-state index is 12.9. The predicted octanol–water partition coefficient (Wildman–Crippen LogP) is 3.06. The van der Waals surface area contributed by atoms with Gasteiger partial charge in [0.15, 0.2) is 0 Å². The van der Waals surface area contributed by atoms with Crippen molar-refractivity contribution in [3.63, 3.8) is 0 Å². The number of carbonyl (C=O) groups excluding carboxylic acids is 1. The quantitative estimate of drug-likeness (QED) is 0.491. The van der Waals surface area contributed by atoms with Crippen molar-refractivity contribution in [3.8, 4) is 5.75 Å². The first-order chi connectivity index (χ1) is 17.5. The number of allylic oxidation sites excluding steroid dienone is 2. The van der Waals surface area contributed by atoms with Crippen LogP contribution >= 0.6 is 11.6 Å². The summed E-state index contributed by atoms with van der Waals surface area (Å²) in [5.74, 6) is 0.904. The second-order valence-corrected chi connectivity index (χ2v) is 9.63. The molecular formula is C26H32ClN5O4. The van der Waals surface area contributed by atoms with Crippen molar-refractivity contribution in [3.05, 3.63) is 64.4 Å². The van der Waals surface area contributed by atoms with Crippen LogP contribution in [0.3, 0.4) is 0 Å². The van der Waals surface area contributed by atoms with Gasteiger partial charge >= 0.3 is 6.09 Å². The van der Waals surface area contributed by atoms with Crippen molar-refractivity contribution in [2.24, 2.45) is 11.0 Å². The lowest BCUT2D eigenvalue weighted by Gasteiger charge is -2.37. The average Bonchev–Trinajstić information content (AvgIpc) is 3.51. The Bertz CT molecular complexity index is 1090. The molecular weight excluding hydrogens is 482 g/mol. The van der Waals surface area contributed by atoms with Gasteiger partial charge in [0.25, 0.3) is 0 Å². The normalized spacial score (nSPS) is 25.3. The Kier molecular flexibility index (Phi) is 7.50. The van der Waals surface area contributed by atoms with Gasteiger partial charge in [-0.05, 0) is 42.7 Å². The lowest BCUT2D eigenvalue weighted by molar-refractivity contribution is 0.0774. The van der Waals surface area contributed by atoms with Crippen LogP contribution in [-0.2, 0) is 4.74 Å². The van der Waals surface area contributed by atoms with E-state index in [1.165, 1.54) is 5.57 Å². The third-order valence-electron chi connectivity index (χ3n) is 6.85. The van der Waals surface area contributed by atoms with Gasteiger partial charge < -0.3 is 19.9 Å². The summed E-state index contributed by atoms with van der Waals surface area (Å²) >= 11 is 6.31. The van der Waals surface area contributed by atoms with Crippen molar-refractivity contribution in [2.75, 3.05) is 32.8 Å². The van der Waals surface area contributed by atoms with Crippen LogP contribution < -0.4 is 15.5 Å². The lowest BCUT2D eigenvalue weighted by Crippen LogP contribution is -2.42. The first kappa shape index (κ1) is 24.7. The van der Waals surface area contributed by atoms with Crippen molar-refractivity contribution in [1.82, 2.24) is 20.8 Å². The number of hydrogen-bond donors (Lipinski definition) is 3. The Balaban J connectivity index is 1.29. The van der Waals surface area contributed by atoms with Crippen molar-refractivity contribution in [2.45, 2.75) is 38.0 Å². The first-order valence-electron chi connectivity index (χ1n) is 12.5. The first-order valence-corrected chi connectivity index (χ1v) is 12.8. The van der Waals surface area contributed by atoms with E-state index < -0.39 is 6.10 Å². The molecule has 0 aromatic heterocycles. The molecule has 9 nitrogen and oxygen atoms in total. The summed E-state index contributed by atoms with van der Waals surface area (Å²) in [7, 11) is 0. The van der Waals surface area contributed by atoms with Crippen LogP contribution in [0.1, 0.15) is 31.4 Å². The number of rotatable bonds is 8. The van der Waals surface area contributed by atoms with Crippen LogP contribution in [0, 0.1) is 5.92 Å². The van der Waals surface area contributed by atoms with E-state index >= 15 is 0 Å². The molecule has 4 atom stereocenters. The van der Waals surface area contributed by atoms with Gasteiger partial charge in [-0.1, -0.05) is 35.9 Å². The Morgan fingerprint density at radius 2 is 2.17 bits per heavy atom. The van der Waals surface area contributed by atoms with Crippen LogP contribution in [0.25, 0.3) is 0 Å². The zero-order valence-corrected chi connectivity index (χ0v) is 21.0. The average molecular weight is 514 g/mol. The zero-order valence-electron chi connectivity index (χ0n) is 20.3. The summed E-state index contributed by atoms with van der Waals surface area (Å²) in [5.41, 5.74) is 6.35. The monoisotopic (exact) mass is 513 g/mol. The Hall–Kier alpha value is -3.01. The highest BCUT2D eigenvalue weighted by Gasteiger charge is 2.43. The standard InChI is InChI=1S/C26H32ClN5O4/c1-2-35-26(34)31-13-9-21-22-15-18(27)5-8-23(22)30-24(21)25(31)17-3-6-20(7-4-17)36-14-10-19(33)16-32-28-11-12-29-32/h3-8,11,15,19,22-23,25,29-30,33H,2,9-10,12-14,16H2,1H3/t19?,22?,23?,25-/m0/s1. The number of aliphatic hydroxyl groups is 1. The number of hydrazine groups is 1. The fraction of sp³-hybridized carbons (Fsp3) is 0.462. The van der Waals surface area contributed by atoms with Crippen molar-refractivity contribution < 1.29 is 19.4 Å². The van der Waals surface area contributed by atoms with Gasteiger partial charge in [-0.15, -0.1) is 0 Å². The summed E-state index contributed by atoms with van der Waals surface area (Å²) in [4.78, 5) is 14.7. The lowest BCUT2D eigenvalue weighted by atomic mass is 9.85. The summed E-state index contributed by atoms with van der Waals surface area (Å²) in [5, 5.41) is 20.3. The number of fused-ring (bicyclic) bond motifs is 2. The number of nitrogens with zero attached hydrogens (tertiary/aromatic N) is 3. The Morgan fingerprint density at radius 3 is 2.92 bits per heavy atom. The van der Waals surface area contributed by atoms with E-state index in [2.05, 4.69) is 28.0 Å². The Morgan fingerprint density at radius 1 is 1.33 bits per heavy atom. The predicted molar refractivity (Wildman–Crippen MR) is 137 cm³/mol. The number of hydrogen-bond acceptors (Lipinski definition) is 8. The fourth-order valence-electron chi connectivity index (χ4n) is 5.17. The summed E-state index contributed by atoms with van der Waals surface area (Å²) in [6.07, 6.45) is 8.26. The molecule has 3 heterocycles. The smallest absolute Gasteiger partial charge is 0.410 e. The van der Waals surface area contributed by atoms with E-state index in [1.54, 1.807) is 16.2 Å². The highest BCUT2D eigenvalue weighted by atomic mass is 35.5. The summed E-state index contributed by atoms with van der Waals surface area (Å²) < 4.78 is 11.3. The van der Waals surface area contributed by atoms with Gasteiger partial charge in [-0.3, -0.25) is 4.90 Å². The second kappa shape index (κ2) is 10.9. The number of ether oxygens (including phenoxy) is 2. The van der Waals surface area contributed by atoms with Gasteiger partial charge in [0.05, 0.1) is 38.4 Å². The van der Waals surface area contributed by atoms with Gasteiger partial charge in [0.2, 0.25) is 0 Å². The molecule has 0 fully saturated rings. The molecule has 36 heavy (non-hydrogen) atoms. The molecule has 0 saturated carbocycles. The van der Waals surface area contributed by atoms with Crippen molar-refractivity contribution >= 4 is 23.9 Å². The highest BCUT2D eigenvalue weighted by Crippen LogP contribution is 2.44. The van der Waals surface area contributed by atoms with Crippen molar-refractivity contribution in [1.29, 1.82) is 0 Å². The molecule has 3 N–H and O–H groups in total. The van der Waals surface area contributed by atoms with Gasteiger partial charge in [0.1, 0.15) is 11.8 Å². The van der Waals surface area contributed by atoms with Crippen LogP contribution in [0.4, 0.5) is 4.79 Å². The molecule has 1 aromatic rings. The topological polar surface area (TPSA) is 98.7 Å². The second-order valence-electron chi connectivity index (χ2n) is 9.19. The largest absolute Gasteiger partial charge is 0.493 e. The van der Waals surface area contributed by atoms with E-state index in [9.17, 15) is 9.90 Å². The molecule has 0 radical (unpaired) electrons. The summed E-state index contributed by atoms with van der Waals surface area (Å²) in [6.45, 7) is 4.20. The number of β-amino-alcohol motifs (C(OH)–C–C–N with tert-alkyl or cyclic N) is 1. The maximum atomic E-state index is 12.9. The zero-order chi connectivity index (χ0) is 25.1. The van der Waals surface area contributed by atoms with E-state index in [0.29, 0.717) is 45.0 Å². The van der Waals surface area contributed by atoms with Crippen LogP contribution in [0.2, 0.25) is 0 Å². The SMILES string of the molecule is CCOC(=O)N1CCC2=C(NC3C=CC(Cl)=CC23)[C@@H]1c1ccc(OCCC(O)CN2N=CCN2)cc1. The van der Waals surface area contributed by atoms with Crippen LogP contribution in [0.5, 0.6) is 5.75 Å². The number of benzene rings is 1. The van der Waals surface area contributed by atoms with E-state index in [-0.39, 0.29) is 24.1 Å². The third kappa shape index (κ3) is 5.23. The van der Waals surface area contributed by atoms with Gasteiger partial charge in [-0.25, -0.2) is 15.3 Å². The molecule has 0 spiro atoms. The molecule has 0 bridgehead atoms. The van der Waals surface area contributed by atoms with Gasteiger partial charge in [0, 0.05) is 35.8 Å². The number of halogens is 1. The fourth-order valence-corrected chi connectivity index (χ4v) is 5.38. The number of hydrazone groups is 1. The number of nitrogens with one attached hydrogen (secondary N) is 2. The molecule has 1 aromatic carbocycles. The molecule has 5 rings (SSSR count). The number of aliphatic hydroxyl groups excluding tert-OH is 1. The number of amides is 1. The van der Waals surface area contributed by atoms with E-state index in [0.717, 1.165) is 22.7 Å². The minimum Gasteiger partial charge on any atom is -0.493 e. The van der Waals surface area contributed by atoms with Crippen LogP contribution in [-0.4, -0.2) is 72.4 Å². The molecule has 10 heteroatoms. The van der Waals surface area contributed by atoms with E-state index in [4.69, 9.17) is 21.1 Å². The minimum atomic E-state index is -0.550. The molecule has 192 valence electrons. The van der Waals surface area contributed by atoms with Gasteiger partial charge in [-0.2, -0.15) is 5.10 Å². The van der Waals surface area contributed by atoms with E-state index in [1.807, 2.05) is 37.3 Å². The third-order valence-corrected chi connectivity index (χ3v) is 7.11. The summed E-state index contributed by atoms with van der Waals surface area (Å²) in [6, 6.07) is 7.66. The molecule has 4 aliphatic rings. The maximum Gasteiger partial charge on any atom is 0.410 e. The molecule has 3 aliphatic heterocycles. The molecule has 1 aliphatic carbocycles. The minimum absolute atomic E-state index is 0.137. The molecule has 1 amide bonds. The molecule has 0 saturated heterocycles. The molecule has 3 unspecified atom stereocenters. The highest BCUT2D eigenvalue weighted by molar-refractivity contribution is 6.31. The Labute approximate surface area is 216 Å². The number of carbonyl (C=O) groups is 1.